The number of rotatable bonds is 15. The maximum Gasteiger partial charge on any atom is 0.305 e. The Kier molecular flexibility index (Phi) is 13.8. The van der Waals surface area contributed by atoms with Crippen LogP contribution in [0.4, 0.5) is 0 Å². The minimum atomic E-state index is -0.102. The first-order valence-electron chi connectivity index (χ1n) is 9.80. The second kappa shape index (κ2) is 15.6. The van der Waals surface area contributed by atoms with Crippen molar-refractivity contribution in [3.05, 3.63) is 12.2 Å². The van der Waals surface area contributed by atoms with Gasteiger partial charge in [0, 0.05) is 13.0 Å². The summed E-state index contributed by atoms with van der Waals surface area (Å²) in [6.07, 6.45) is 15.9. The van der Waals surface area contributed by atoms with Gasteiger partial charge in [-0.1, -0.05) is 38.3 Å². The van der Waals surface area contributed by atoms with Gasteiger partial charge in [0.2, 0.25) is 0 Å². The molecule has 1 atom stereocenters. The summed E-state index contributed by atoms with van der Waals surface area (Å²) in [4.78, 5) is 11.6. The van der Waals surface area contributed by atoms with Gasteiger partial charge in [0.15, 0.2) is 0 Å². The van der Waals surface area contributed by atoms with E-state index in [1.807, 2.05) is 0 Å². The highest BCUT2D eigenvalue weighted by atomic mass is 16.6. The molecule has 24 heavy (non-hydrogen) atoms. The number of hydrogen-bond acceptors (Lipinski definition) is 4. The van der Waals surface area contributed by atoms with Gasteiger partial charge in [-0.15, -0.1) is 0 Å². The molecule has 140 valence electrons. The summed E-state index contributed by atoms with van der Waals surface area (Å²) in [6, 6.07) is 0. The zero-order chi connectivity index (χ0) is 17.3. The standard InChI is InChI=1S/C20H36O4/c1-2-3-14-22-15-16-23-17-18-24-20(21)13-9-5-8-12-19-10-6-4-7-11-19/h6,10,19H,2-5,7-9,11-18H2,1H3. The average Bonchev–Trinajstić information content (AvgIpc) is 2.61. The van der Waals surface area contributed by atoms with Crippen molar-refractivity contribution in [2.75, 3.05) is 33.0 Å². The largest absolute Gasteiger partial charge is 0.463 e. The number of allylic oxidation sites excluding steroid dienone is 2. The van der Waals surface area contributed by atoms with E-state index in [-0.39, 0.29) is 5.97 Å². The molecule has 0 aromatic carbocycles. The van der Waals surface area contributed by atoms with Gasteiger partial charge in [0.05, 0.1) is 19.8 Å². The summed E-state index contributed by atoms with van der Waals surface area (Å²) in [7, 11) is 0. The molecule has 0 spiro atoms. The monoisotopic (exact) mass is 340 g/mol. The van der Waals surface area contributed by atoms with E-state index in [9.17, 15) is 4.79 Å². The van der Waals surface area contributed by atoms with E-state index in [2.05, 4.69) is 19.1 Å². The fourth-order valence-corrected chi connectivity index (χ4v) is 2.83. The maximum absolute atomic E-state index is 11.6. The van der Waals surface area contributed by atoms with Gasteiger partial charge in [-0.05, 0) is 44.4 Å². The lowest BCUT2D eigenvalue weighted by Gasteiger charge is -2.15. The number of hydrogen-bond donors (Lipinski definition) is 0. The molecule has 4 heteroatoms. The maximum atomic E-state index is 11.6. The predicted molar refractivity (Wildman–Crippen MR) is 97.1 cm³/mol. The molecular weight excluding hydrogens is 304 g/mol. The van der Waals surface area contributed by atoms with Crippen LogP contribution in [-0.2, 0) is 19.0 Å². The van der Waals surface area contributed by atoms with Crippen molar-refractivity contribution in [3.63, 3.8) is 0 Å². The highest BCUT2D eigenvalue weighted by molar-refractivity contribution is 5.69. The van der Waals surface area contributed by atoms with Crippen molar-refractivity contribution in [2.45, 2.75) is 71.1 Å². The first kappa shape index (κ1) is 21.2. The van der Waals surface area contributed by atoms with Crippen LogP contribution in [0, 0.1) is 5.92 Å². The summed E-state index contributed by atoms with van der Waals surface area (Å²) < 4.78 is 15.9. The molecule has 0 N–H and O–H groups in total. The van der Waals surface area contributed by atoms with Crippen molar-refractivity contribution in [1.29, 1.82) is 0 Å². The van der Waals surface area contributed by atoms with E-state index in [1.54, 1.807) is 0 Å². The van der Waals surface area contributed by atoms with Crippen LogP contribution >= 0.6 is 0 Å². The van der Waals surface area contributed by atoms with Crippen LogP contribution in [0.2, 0.25) is 0 Å². The number of unbranched alkanes of at least 4 members (excludes halogenated alkanes) is 3. The molecule has 0 bridgehead atoms. The van der Waals surface area contributed by atoms with E-state index in [0.29, 0.717) is 32.8 Å². The van der Waals surface area contributed by atoms with Gasteiger partial charge < -0.3 is 14.2 Å². The van der Waals surface area contributed by atoms with Crippen LogP contribution < -0.4 is 0 Å². The van der Waals surface area contributed by atoms with Crippen molar-refractivity contribution in [2.24, 2.45) is 5.92 Å². The topological polar surface area (TPSA) is 44.8 Å². The minimum absolute atomic E-state index is 0.102. The Bertz CT molecular complexity index is 328. The molecule has 0 saturated heterocycles. The van der Waals surface area contributed by atoms with Gasteiger partial charge >= 0.3 is 5.97 Å². The van der Waals surface area contributed by atoms with Crippen molar-refractivity contribution in [3.8, 4) is 0 Å². The van der Waals surface area contributed by atoms with Crippen LogP contribution in [0.5, 0.6) is 0 Å². The number of ether oxygens (including phenoxy) is 3. The lowest BCUT2D eigenvalue weighted by atomic mass is 9.91. The Morgan fingerprint density at radius 3 is 2.54 bits per heavy atom. The Hall–Kier alpha value is -0.870. The molecule has 0 heterocycles. The van der Waals surface area contributed by atoms with Gasteiger partial charge in [-0.25, -0.2) is 0 Å². The van der Waals surface area contributed by atoms with E-state index in [1.165, 1.54) is 32.1 Å². The van der Waals surface area contributed by atoms with Gasteiger partial charge in [0.1, 0.15) is 6.61 Å². The zero-order valence-corrected chi connectivity index (χ0v) is 15.5. The third-order valence-corrected chi connectivity index (χ3v) is 4.31. The van der Waals surface area contributed by atoms with E-state index < -0.39 is 0 Å². The van der Waals surface area contributed by atoms with Crippen LogP contribution in [0.1, 0.15) is 71.1 Å². The van der Waals surface area contributed by atoms with Crippen LogP contribution in [0.25, 0.3) is 0 Å². The Balaban J connectivity index is 1.79. The average molecular weight is 341 g/mol. The molecule has 1 aliphatic rings. The van der Waals surface area contributed by atoms with E-state index >= 15 is 0 Å². The second-order valence-corrected chi connectivity index (χ2v) is 6.52. The second-order valence-electron chi connectivity index (χ2n) is 6.52. The molecule has 0 amide bonds. The Morgan fingerprint density at radius 1 is 1.00 bits per heavy atom. The first-order chi connectivity index (χ1) is 11.8. The molecule has 0 aromatic rings. The molecule has 0 aromatic heterocycles. The van der Waals surface area contributed by atoms with E-state index in [4.69, 9.17) is 14.2 Å². The smallest absolute Gasteiger partial charge is 0.305 e. The lowest BCUT2D eigenvalue weighted by molar-refractivity contribution is -0.145. The number of esters is 1. The van der Waals surface area contributed by atoms with Gasteiger partial charge in [-0.2, -0.15) is 0 Å². The summed E-state index contributed by atoms with van der Waals surface area (Å²) in [5.41, 5.74) is 0. The third-order valence-electron chi connectivity index (χ3n) is 4.31. The summed E-state index contributed by atoms with van der Waals surface area (Å²) >= 11 is 0. The number of carbonyl (C=O) groups excluding carboxylic acids is 1. The van der Waals surface area contributed by atoms with Crippen LogP contribution in [0.15, 0.2) is 12.2 Å². The predicted octanol–water partition coefficient (Wildman–Crippen LogP) is 4.67. The third kappa shape index (κ3) is 12.5. The summed E-state index contributed by atoms with van der Waals surface area (Å²) in [5, 5.41) is 0. The molecule has 1 rings (SSSR count). The van der Waals surface area contributed by atoms with Gasteiger partial charge in [0.25, 0.3) is 0 Å². The molecule has 4 nitrogen and oxygen atoms in total. The fraction of sp³-hybridized carbons (Fsp3) is 0.850. The van der Waals surface area contributed by atoms with Crippen LogP contribution in [-0.4, -0.2) is 39.0 Å². The Labute approximate surface area is 147 Å². The number of carbonyl (C=O) groups is 1. The molecule has 0 radical (unpaired) electrons. The van der Waals surface area contributed by atoms with E-state index in [0.717, 1.165) is 38.2 Å². The lowest BCUT2D eigenvalue weighted by Crippen LogP contribution is -2.13. The molecule has 0 saturated carbocycles. The highest BCUT2D eigenvalue weighted by Gasteiger charge is 2.08. The summed E-state index contributed by atoms with van der Waals surface area (Å²) in [6.45, 7) is 4.92. The van der Waals surface area contributed by atoms with Crippen molar-refractivity contribution in [1.82, 2.24) is 0 Å². The molecule has 0 aliphatic heterocycles. The Morgan fingerprint density at radius 2 is 1.79 bits per heavy atom. The van der Waals surface area contributed by atoms with Crippen LogP contribution in [0.3, 0.4) is 0 Å². The molecule has 1 aliphatic carbocycles. The first-order valence-corrected chi connectivity index (χ1v) is 9.80. The van der Waals surface area contributed by atoms with Crippen molar-refractivity contribution < 1.29 is 19.0 Å². The molecule has 0 fully saturated rings. The molecule has 1 unspecified atom stereocenters. The normalized spacial score (nSPS) is 17.1. The quantitative estimate of drug-likeness (QED) is 0.247. The molecular formula is C20H36O4. The highest BCUT2D eigenvalue weighted by Crippen LogP contribution is 2.22. The summed E-state index contributed by atoms with van der Waals surface area (Å²) in [5.74, 6) is 0.671. The van der Waals surface area contributed by atoms with Gasteiger partial charge in [-0.3, -0.25) is 4.79 Å². The minimum Gasteiger partial charge on any atom is -0.463 e. The van der Waals surface area contributed by atoms with Crippen molar-refractivity contribution >= 4 is 5.97 Å². The SMILES string of the molecule is CCCCOCCOCCOC(=O)CCCCCC1C=CCCC1. The zero-order valence-electron chi connectivity index (χ0n) is 15.5. The fourth-order valence-electron chi connectivity index (χ4n) is 2.83.